The SMILES string of the molecule is COc1ccccc1-n1c(SCC(=O)c2ccc(C(C)NC(C)=O)cc2)nnc1-c1cccs1. The van der Waals surface area contributed by atoms with Crippen LogP contribution in [0.25, 0.3) is 16.4 Å². The summed E-state index contributed by atoms with van der Waals surface area (Å²) in [7, 11) is 1.63. The number of para-hydroxylation sites is 2. The zero-order chi connectivity index (χ0) is 24.1. The minimum atomic E-state index is -0.119. The quantitative estimate of drug-likeness (QED) is 0.256. The molecule has 4 rings (SSSR count). The normalized spacial score (nSPS) is 11.7. The predicted octanol–water partition coefficient (Wildman–Crippen LogP) is 5.18. The molecule has 1 atom stereocenters. The highest BCUT2D eigenvalue weighted by atomic mass is 32.2. The van der Waals surface area contributed by atoms with E-state index < -0.39 is 0 Å². The van der Waals surface area contributed by atoms with Gasteiger partial charge in [0.25, 0.3) is 0 Å². The van der Waals surface area contributed by atoms with Crippen LogP contribution in [0, 0.1) is 0 Å². The van der Waals surface area contributed by atoms with Gasteiger partial charge in [0.2, 0.25) is 5.91 Å². The molecule has 0 saturated heterocycles. The second-order valence-corrected chi connectivity index (χ2v) is 9.44. The van der Waals surface area contributed by atoms with Crippen LogP contribution in [0.5, 0.6) is 5.75 Å². The monoisotopic (exact) mass is 492 g/mol. The van der Waals surface area contributed by atoms with Crippen LogP contribution in [-0.2, 0) is 4.79 Å². The molecule has 4 aromatic rings. The van der Waals surface area contributed by atoms with Gasteiger partial charge in [-0.25, -0.2) is 0 Å². The van der Waals surface area contributed by atoms with Crippen LogP contribution in [0.3, 0.4) is 0 Å². The van der Waals surface area contributed by atoms with Gasteiger partial charge in [0, 0.05) is 12.5 Å². The molecule has 0 radical (unpaired) electrons. The molecule has 0 aliphatic carbocycles. The van der Waals surface area contributed by atoms with Crippen molar-refractivity contribution in [2.45, 2.75) is 25.0 Å². The second-order valence-electron chi connectivity index (χ2n) is 7.55. The molecule has 7 nitrogen and oxygen atoms in total. The number of nitrogens with zero attached hydrogens (tertiary/aromatic N) is 3. The number of methoxy groups -OCH3 is 1. The van der Waals surface area contributed by atoms with E-state index in [0.29, 0.717) is 22.3 Å². The summed E-state index contributed by atoms with van der Waals surface area (Å²) in [6.45, 7) is 3.39. The van der Waals surface area contributed by atoms with Crippen molar-refractivity contribution >= 4 is 34.8 Å². The fourth-order valence-electron chi connectivity index (χ4n) is 3.52. The molecule has 2 heterocycles. The van der Waals surface area contributed by atoms with Gasteiger partial charge in [0.1, 0.15) is 5.75 Å². The number of hydrogen-bond acceptors (Lipinski definition) is 7. The first-order chi connectivity index (χ1) is 16.5. The van der Waals surface area contributed by atoms with Gasteiger partial charge in [-0.1, -0.05) is 54.2 Å². The van der Waals surface area contributed by atoms with Gasteiger partial charge in [-0.05, 0) is 36.1 Å². The van der Waals surface area contributed by atoms with Crippen molar-refractivity contribution in [3.63, 3.8) is 0 Å². The van der Waals surface area contributed by atoms with E-state index in [9.17, 15) is 9.59 Å². The number of aromatic nitrogens is 3. The lowest BCUT2D eigenvalue weighted by Crippen LogP contribution is -2.23. The maximum Gasteiger partial charge on any atom is 0.217 e. The molecule has 0 spiro atoms. The Labute approximate surface area is 206 Å². The standard InChI is InChI=1S/C25H24N4O3S2/c1-16(26-17(2)30)18-10-12-19(13-11-18)21(31)15-34-25-28-27-24(23-9-6-14-33-23)29(25)20-7-4-5-8-22(20)32-3/h4-14,16H,15H2,1-3H3,(H,26,30). The first-order valence-electron chi connectivity index (χ1n) is 10.6. The van der Waals surface area contributed by atoms with Crippen molar-refractivity contribution in [1.82, 2.24) is 20.1 Å². The summed E-state index contributed by atoms with van der Waals surface area (Å²) >= 11 is 2.91. The number of nitrogens with one attached hydrogen (secondary N) is 1. The Morgan fingerprint density at radius 1 is 1.09 bits per heavy atom. The van der Waals surface area contributed by atoms with E-state index in [1.165, 1.54) is 18.7 Å². The Bertz CT molecular complexity index is 1280. The average Bonchev–Trinajstić information content (AvgIpc) is 3.52. The highest BCUT2D eigenvalue weighted by molar-refractivity contribution is 7.99. The third kappa shape index (κ3) is 5.21. The number of ether oxygens (including phenoxy) is 1. The van der Waals surface area contributed by atoms with Gasteiger partial charge in [-0.2, -0.15) is 0 Å². The summed E-state index contributed by atoms with van der Waals surface area (Å²) in [6.07, 6.45) is 0. The van der Waals surface area contributed by atoms with Crippen molar-refractivity contribution < 1.29 is 14.3 Å². The minimum Gasteiger partial charge on any atom is -0.495 e. The zero-order valence-corrected chi connectivity index (χ0v) is 20.7. The van der Waals surface area contributed by atoms with Gasteiger partial charge in [-0.15, -0.1) is 21.5 Å². The number of hydrogen-bond donors (Lipinski definition) is 1. The van der Waals surface area contributed by atoms with Gasteiger partial charge < -0.3 is 10.1 Å². The van der Waals surface area contributed by atoms with Crippen LogP contribution in [0.15, 0.2) is 71.2 Å². The van der Waals surface area contributed by atoms with Crippen molar-refractivity contribution in [2.75, 3.05) is 12.9 Å². The van der Waals surface area contributed by atoms with Gasteiger partial charge in [0.05, 0.1) is 29.5 Å². The molecule has 0 saturated carbocycles. The van der Waals surface area contributed by atoms with E-state index in [1.807, 2.05) is 65.4 Å². The molecule has 2 aromatic carbocycles. The average molecular weight is 493 g/mol. The Balaban J connectivity index is 1.56. The van der Waals surface area contributed by atoms with Crippen LogP contribution >= 0.6 is 23.1 Å². The Kier molecular flexibility index (Phi) is 7.44. The lowest BCUT2D eigenvalue weighted by atomic mass is 10.0. The Morgan fingerprint density at radius 3 is 2.53 bits per heavy atom. The predicted molar refractivity (Wildman–Crippen MR) is 135 cm³/mol. The van der Waals surface area contributed by atoms with Crippen LogP contribution in [0.2, 0.25) is 0 Å². The molecule has 0 bridgehead atoms. The highest BCUT2D eigenvalue weighted by Gasteiger charge is 2.20. The summed E-state index contributed by atoms with van der Waals surface area (Å²) in [4.78, 5) is 25.2. The summed E-state index contributed by atoms with van der Waals surface area (Å²) in [5.41, 5.74) is 2.36. The van der Waals surface area contributed by atoms with E-state index in [4.69, 9.17) is 4.74 Å². The van der Waals surface area contributed by atoms with Gasteiger partial charge in [0.15, 0.2) is 16.8 Å². The van der Waals surface area contributed by atoms with Crippen LogP contribution in [0.4, 0.5) is 0 Å². The van der Waals surface area contributed by atoms with Crippen LogP contribution in [-0.4, -0.2) is 39.3 Å². The van der Waals surface area contributed by atoms with E-state index in [0.717, 1.165) is 16.1 Å². The van der Waals surface area contributed by atoms with Crippen molar-refractivity contribution in [3.05, 3.63) is 77.2 Å². The van der Waals surface area contributed by atoms with Crippen LogP contribution in [0.1, 0.15) is 35.8 Å². The largest absolute Gasteiger partial charge is 0.495 e. The second kappa shape index (κ2) is 10.7. The minimum absolute atomic E-state index is 0.0176. The maximum absolute atomic E-state index is 12.9. The number of benzene rings is 2. The molecule has 0 aliphatic heterocycles. The zero-order valence-electron chi connectivity index (χ0n) is 19.0. The molecule has 1 amide bonds. The number of amides is 1. The third-order valence-electron chi connectivity index (χ3n) is 5.19. The Morgan fingerprint density at radius 2 is 1.85 bits per heavy atom. The number of rotatable bonds is 9. The van der Waals surface area contributed by atoms with Crippen LogP contribution < -0.4 is 10.1 Å². The summed E-state index contributed by atoms with van der Waals surface area (Å²) < 4.78 is 7.50. The van der Waals surface area contributed by atoms with E-state index in [-0.39, 0.29) is 23.5 Å². The number of thiophene rings is 1. The molecule has 174 valence electrons. The molecule has 0 aliphatic rings. The van der Waals surface area contributed by atoms with Gasteiger partial charge >= 0.3 is 0 Å². The maximum atomic E-state index is 12.9. The molecule has 1 unspecified atom stereocenters. The smallest absolute Gasteiger partial charge is 0.217 e. The summed E-state index contributed by atoms with van der Waals surface area (Å²) in [6, 6.07) is 18.8. The first kappa shape index (κ1) is 23.7. The first-order valence-corrected chi connectivity index (χ1v) is 12.5. The molecule has 2 aromatic heterocycles. The van der Waals surface area contributed by atoms with Crippen molar-refractivity contribution in [1.29, 1.82) is 0 Å². The Hall–Kier alpha value is -3.43. The lowest BCUT2D eigenvalue weighted by molar-refractivity contribution is -0.119. The van der Waals surface area contributed by atoms with E-state index >= 15 is 0 Å². The molecule has 9 heteroatoms. The number of carbonyl (C=O) groups is 2. The fraction of sp³-hybridized carbons (Fsp3) is 0.200. The molecule has 1 N–H and O–H groups in total. The van der Waals surface area contributed by atoms with E-state index in [1.54, 1.807) is 30.6 Å². The lowest BCUT2D eigenvalue weighted by Gasteiger charge is -2.14. The number of carbonyl (C=O) groups excluding carboxylic acids is 2. The number of ketones is 1. The summed E-state index contributed by atoms with van der Waals surface area (Å²) in [5, 5.41) is 14.2. The third-order valence-corrected chi connectivity index (χ3v) is 6.98. The number of Topliss-reactive ketones (excluding diaryl/α,β-unsaturated/α-hetero) is 1. The van der Waals surface area contributed by atoms with Crippen molar-refractivity contribution in [2.24, 2.45) is 0 Å². The van der Waals surface area contributed by atoms with Gasteiger partial charge in [-0.3, -0.25) is 14.2 Å². The number of thioether (sulfide) groups is 1. The topological polar surface area (TPSA) is 86.1 Å². The summed E-state index contributed by atoms with van der Waals surface area (Å²) in [5.74, 6) is 1.49. The fourth-order valence-corrected chi connectivity index (χ4v) is 5.06. The molecular formula is C25H24N4O3S2. The van der Waals surface area contributed by atoms with E-state index in [2.05, 4.69) is 15.5 Å². The molecule has 0 fully saturated rings. The van der Waals surface area contributed by atoms with Crippen molar-refractivity contribution in [3.8, 4) is 22.1 Å². The molecular weight excluding hydrogens is 468 g/mol. The molecule has 34 heavy (non-hydrogen) atoms. The highest BCUT2D eigenvalue weighted by Crippen LogP contribution is 2.34.